The Labute approximate surface area is 114 Å². The van der Waals surface area contributed by atoms with E-state index in [-0.39, 0.29) is 17.9 Å². The molecule has 1 unspecified atom stereocenters. The summed E-state index contributed by atoms with van der Waals surface area (Å²) < 4.78 is 29.8. The van der Waals surface area contributed by atoms with Gasteiger partial charge in [-0.3, -0.25) is 9.48 Å². The maximum atomic E-state index is 14.3. The van der Waals surface area contributed by atoms with Gasteiger partial charge in [-0.25, -0.2) is 8.78 Å². The Morgan fingerprint density at radius 1 is 1.40 bits per heavy atom. The smallest absolute Gasteiger partial charge is 0.226 e. The molecular weight excluding hydrogens is 264 g/mol. The van der Waals surface area contributed by atoms with E-state index in [9.17, 15) is 13.6 Å². The van der Waals surface area contributed by atoms with Crippen LogP contribution < -0.4 is 5.32 Å². The Bertz CT molecular complexity index is 709. The van der Waals surface area contributed by atoms with Crippen molar-refractivity contribution in [3.63, 3.8) is 0 Å². The van der Waals surface area contributed by atoms with Crippen LogP contribution in [0.25, 0.3) is 0 Å². The highest BCUT2D eigenvalue weighted by molar-refractivity contribution is 5.94. The molecule has 4 nitrogen and oxygen atoms in total. The lowest BCUT2D eigenvalue weighted by atomic mass is 9.86. The summed E-state index contributed by atoms with van der Waals surface area (Å²) in [5, 5.41) is 6.73. The van der Waals surface area contributed by atoms with E-state index in [0.717, 1.165) is 0 Å². The molecule has 0 aliphatic carbocycles. The predicted octanol–water partition coefficient (Wildman–Crippen LogP) is 2.48. The molecule has 0 bridgehead atoms. The van der Waals surface area contributed by atoms with Crippen LogP contribution in [0.5, 0.6) is 0 Å². The fourth-order valence-corrected chi connectivity index (χ4v) is 2.60. The normalized spacial score (nSPS) is 17.8. The number of benzene rings is 1. The lowest BCUT2D eigenvalue weighted by molar-refractivity contribution is -0.116. The molecular formula is C14H13F2N3O. The third-order valence-electron chi connectivity index (χ3n) is 3.66. The molecule has 1 aliphatic heterocycles. The molecule has 104 valence electrons. The lowest BCUT2D eigenvalue weighted by Gasteiger charge is -2.24. The van der Waals surface area contributed by atoms with Crippen LogP contribution >= 0.6 is 0 Å². The van der Waals surface area contributed by atoms with Crippen LogP contribution in [0, 0.1) is 18.6 Å². The number of halogens is 2. The molecule has 1 N–H and O–H groups in total. The van der Waals surface area contributed by atoms with Crippen LogP contribution in [0.2, 0.25) is 0 Å². The van der Waals surface area contributed by atoms with Gasteiger partial charge in [-0.2, -0.15) is 5.10 Å². The average molecular weight is 277 g/mol. The number of rotatable bonds is 1. The Morgan fingerprint density at radius 3 is 2.90 bits per heavy atom. The van der Waals surface area contributed by atoms with Gasteiger partial charge in [-0.15, -0.1) is 0 Å². The number of aryl methyl sites for hydroxylation is 2. The van der Waals surface area contributed by atoms with Crippen LogP contribution in [0.1, 0.15) is 29.0 Å². The summed E-state index contributed by atoms with van der Waals surface area (Å²) >= 11 is 0. The summed E-state index contributed by atoms with van der Waals surface area (Å²) in [6.45, 7) is 1.57. The quantitative estimate of drug-likeness (QED) is 0.870. The van der Waals surface area contributed by atoms with E-state index in [1.165, 1.54) is 16.8 Å². The number of anilines is 1. The van der Waals surface area contributed by atoms with E-state index in [1.807, 2.05) is 0 Å². The maximum Gasteiger partial charge on any atom is 0.226 e. The molecule has 0 saturated heterocycles. The third kappa shape index (κ3) is 1.79. The molecule has 0 fully saturated rings. The van der Waals surface area contributed by atoms with Gasteiger partial charge in [-0.1, -0.05) is 6.07 Å². The molecule has 1 aliphatic rings. The standard InChI is InChI=1S/C14H13F2N3O/c1-7-3-4-10(15)12(13(7)16)8-5-11(20)18-14-9(8)6-17-19(14)2/h3-4,6,8H,5H2,1-2H3,(H,18,20). The molecule has 1 aromatic carbocycles. The van der Waals surface area contributed by atoms with Gasteiger partial charge in [0.25, 0.3) is 0 Å². The van der Waals surface area contributed by atoms with Gasteiger partial charge in [0, 0.05) is 30.5 Å². The topological polar surface area (TPSA) is 46.9 Å². The number of carbonyl (C=O) groups is 1. The first kappa shape index (κ1) is 12.8. The van der Waals surface area contributed by atoms with Gasteiger partial charge >= 0.3 is 0 Å². The molecule has 0 spiro atoms. The van der Waals surface area contributed by atoms with Crippen molar-refractivity contribution in [1.29, 1.82) is 0 Å². The van der Waals surface area contributed by atoms with Crippen molar-refractivity contribution in [3.8, 4) is 0 Å². The van der Waals surface area contributed by atoms with Crippen molar-refractivity contribution in [2.24, 2.45) is 7.05 Å². The maximum absolute atomic E-state index is 14.3. The van der Waals surface area contributed by atoms with Gasteiger partial charge < -0.3 is 5.32 Å². The molecule has 1 amide bonds. The number of carbonyl (C=O) groups excluding carboxylic acids is 1. The first-order chi connectivity index (χ1) is 9.49. The lowest BCUT2D eigenvalue weighted by Crippen LogP contribution is -2.25. The fraction of sp³-hybridized carbons (Fsp3) is 0.286. The van der Waals surface area contributed by atoms with Gasteiger partial charge in [0.15, 0.2) is 0 Å². The van der Waals surface area contributed by atoms with Crippen molar-refractivity contribution in [3.05, 3.63) is 46.7 Å². The molecule has 20 heavy (non-hydrogen) atoms. The number of aromatic nitrogens is 2. The average Bonchev–Trinajstić information content (AvgIpc) is 2.76. The molecule has 1 aromatic heterocycles. The van der Waals surface area contributed by atoms with E-state index < -0.39 is 17.6 Å². The summed E-state index contributed by atoms with van der Waals surface area (Å²) in [6, 6.07) is 2.62. The number of hydrogen-bond acceptors (Lipinski definition) is 2. The molecule has 2 aromatic rings. The zero-order chi connectivity index (χ0) is 14.4. The summed E-state index contributed by atoms with van der Waals surface area (Å²) in [5.41, 5.74) is 0.933. The summed E-state index contributed by atoms with van der Waals surface area (Å²) in [4.78, 5) is 11.8. The molecule has 3 rings (SSSR count). The molecule has 6 heteroatoms. The number of nitrogens with one attached hydrogen (secondary N) is 1. The number of hydrogen-bond donors (Lipinski definition) is 1. The Hall–Kier alpha value is -2.24. The van der Waals surface area contributed by atoms with Crippen molar-refractivity contribution >= 4 is 11.7 Å². The Morgan fingerprint density at radius 2 is 2.15 bits per heavy atom. The summed E-state index contributed by atoms with van der Waals surface area (Å²) in [5.74, 6) is -1.66. The number of nitrogens with zero attached hydrogens (tertiary/aromatic N) is 2. The first-order valence-electron chi connectivity index (χ1n) is 6.25. The Kier molecular flexibility index (Phi) is 2.81. The van der Waals surface area contributed by atoms with Gasteiger partial charge in [-0.05, 0) is 18.6 Å². The second-order valence-electron chi connectivity index (χ2n) is 4.97. The van der Waals surface area contributed by atoms with E-state index in [2.05, 4.69) is 10.4 Å². The van der Waals surface area contributed by atoms with Crippen molar-refractivity contribution < 1.29 is 13.6 Å². The highest BCUT2D eigenvalue weighted by Gasteiger charge is 2.33. The van der Waals surface area contributed by atoms with Crippen LogP contribution in [-0.4, -0.2) is 15.7 Å². The van der Waals surface area contributed by atoms with Crippen LogP contribution in [0.4, 0.5) is 14.6 Å². The molecule has 2 heterocycles. The van der Waals surface area contributed by atoms with Crippen molar-refractivity contribution in [2.45, 2.75) is 19.3 Å². The minimum absolute atomic E-state index is 0.00991. The zero-order valence-electron chi connectivity index (χ0n) is 11.1. The van der Waals surface area contributed by atoms with Crippen LogP contribution in [0.15, 0.2) is 18.3 Å². The second-order valence-corrected chi connectivity index (χ2v) is 4.97. The highest BCUT2D eigenvalue weighted by Crippen LogP contribution is 2.39. The molecule has 0 saturated carbocycles. The highest BCUT2D eigenvalue weighted by atomic mass is 19.1. The molecule has 1 atom stereocenters. The van der Waals surface area contributed by atoms with Gasteiger partial charge in [0.2, 0.25) is 5.91 Å². The number of fused-ring (bicyclic) bond motifs is 1. The third-order valence-corrected chi connectivity index (χ3v) is 3.66. The summed E-state index contributed by atoms with van der Waals surface area (Å²) in [7, 11) is 1.67. The number of amides is 1. The van der Waals surface area contributed by atoms with Crippen molar-refractivity contribution in [2.75, 3.05) is 5.32 Å². The minimum Gasteiger partial charge on any atom is -0.311 e. The van der Waals surface area contributed by atoms with E-state index in [1.54, 1.807) is 20.2 Å². The monoisotopic (exact) mass is 277 g/mol. The van der Waals surface area contributed by atoms with Gasteiger partial charge in [0.1, 0.15) is 17.5 Å². The minimum atomic E-state index is -0.646. The van der Waals surface area contributed by atoms with Crippen LogP contribution in [0.3, 0.4) is 0 Å². The first-order valence-corrected chi connectivity index (χ1v) is 6.25. The Balaban J connectivity index is 2.21. The van der Waals surface area contributed by atoms with E-state index in [0.29, 0.717) is 16.9 Å². The SMILES string of the molecule is Cc1ccc(F)c(C2CC(=O)Nc3c2cnn3C)c1F. The fourth-order valence-electron chi connectivity index (χ4n) is 2.60. The van der Waals surface area contributed by atoms with Crippen molar-refractivity contribution in [1.82, 2.24) is 9.78 Å². The van der Waals surface area contributed by atoms with E-state index >= 15 is 0 Å². The molecule has 0 radical (unpaired) electrons. The largest absolute Gasteiger partial charge is 0.311 e. The summed E-state index contributed by atoms with van der Waals surface area (Å²) in [6.07, 6.45) is 1.55. The van der Waals surface area contributed by atoms with Crippen LogP contribution in [-0.2, 0) is 11.8 Å². The predicted molar refractivity (Wildman–Crippen MR) is 69.4 cm³/mol. The zero-order valence-corrected chi connectivity index (χ0v) is 11.1. The van der Waals surface area contributed by atoms with E-state index in [4.69, 9.17) is 0 Å². The van der Waals surface area contributed by atoms with Gasteiger partial charge in [0.05, 0.1) is 6.20 Å². The second kappa shape index (κ2) is 4.40.